The van der Waals surface area contributed by atoms with Gasteiger partial charge in [-0.2, -0.15) is 0 Å². The van der Waals surface area contributed by atoms with Crippen molar-refractivity contribution in [3.63, 3.8) is 0 Å². The fraction of sp³-hybridized carbons (Fsp3) is 0.923. The summed E-state index contributed by atoms with van der Waals surface area (Å²) in [6.07, 6.45) is 2.11. The lowest BCUT2D eigenvalue weighted by molar-refractivity contribution is -0.141. The number of nitrogens with zero attached hydrogens (tertiary/aromatic N) is 1. The van der Waals surface area contributed by atoms with E-state index in [9.17, 15) is 13.6 Å². The number of carbonyl (C=O) groups is 1. The van der Waals surface area contributed by atoms with Gasteiger partial charge in [0.2, 0.25) is 11.8 Å². The number of halogens is 2. The van der Waals surface area contributed by atoms with Crippen molar-refractivity contribution < 1.29 is 18.7 Å². The minimum Gasteiger partial charge on any atom is -0.396 e. The first-order valence-corrected chi connectivity index (χ1v) is 6.79. The van der Waals surface area contributed by atoms with Gasteiger partial charge in [-0.1, -0.05) is 0 Å². The molecular formula is C13H21F2NO2. The number of piperidine rings is 1. The molecule has 2 fully saturated rings. The van der Waals surface area contributed by atoms with Crippen molar-refractivity contribution in [2.75, 3.05) is 19.7 Å². The summed E-state index contributed by atoms with van der Waals surface area (Å²) in [5, 5.41) is 9.13. The number of alkyl halides is 2. The average Bonchev–Trinajstić information content (AvgIpc) is 2.38. The van der Waals surface area contributed by atoms with Gasteiger partial charge in [0.1, 0.15) is 0 Å². The second-order valence-corrected chi connectivity index (χ2v) is 5.61. The number of carbonyl (C=O) groups excluding carboxylic acids is 1. The van der Waals surface area contributed by atoms with Gasteiger partial charge < -0.3 is 10.0 Å². The lowest BCUT2D eigenvalue weighted by atomic mass is 9.85. The zero-order valence-electron chi connectivity index (χ0n) is 10.6. The highest BCUT2D eigenvalue weighted by Gasteiger charge is 2.39. The SMILES string of the molecule is O=C(C1CCC(F)(F)CC1)N1CCCC(CO)C1. The molecule has 1 saturated carbocycles. The number of aliphatic hydroxyl groups excluding tert-OH is 1. The predicted octanol–water partition coefficient (Wildman–Crippen LogP) is 2.04. The molecule has 104 valence electrons. The molecule has 5 heteroatoms. The number of amides is 1. The zero-order valence-corrected chi connectivity index (χ0v) is 10.6. The summed E-state index contributed by atoms with van der Waals surface area (Å²) in [7, 11) is 0. The average molecular weight is 261 g/mol. The van der Waals surface area contributed by atoms with Crippen LogP contribution in [0.3, 0.4) is 0 Å². The summed E-state index contributed by atoms with van der Waals surface area (Å²) in [5.74, 6) is -2.63. The van der Waals surface area contributed by atoms with Gasteiger partial charge >= 0.3 is 0 Å². The number of likely N-dealkylation sites (tertiary alicyclic amines) is 1. The maximum absolute atomic E-state index is 13.0. The van der Waals surface area contributed by atoms with E-state index in [1.54, 1.807) is 4.90 Å². The van der Waals surface area contributed by atoms with E-state index in [0.29, 0.717) is 25.9 Å². The minimum atomic E-state index is -2.58. The first kappa shape index (κ1) is 13.7. The van der Waals surface area contributed by atoms with Gasteiger partial charge in [-0.3, -0.25) is 4.79 Å². The number of aliphatic hydroxyl groups is 1. The molecule has 0 aromatic carbocycles. The molecule has 1 atom stereocenters. The molecule has 0 aromatic rings. The summed E-state index contributed by atoms with van der Waals surface area (Å²) in [5.41, 5.74) is 0. The summed E-state index contributed by atoms with van der Waals surface area (Å²) in [6.45, 7) is 1.40. The van der Waals surface area contributed by atoms with Crippen LogP contribution in [0.4, 0.5) is 8.78 Å². The van der Waals surface area contributed by atoms with E-state index < -0.39 is 5.92 Å². The van der Waals surface area contributed by atoms with Gasteiger partial charge in [0, 0.05) is 38.5 Å². The minimum absolute atomic E-state index is 0.0173. The second-order valence-electron chi connectivity index (χ2n) is 5.61. The smallest absolute Gasteiger partial charge is 0.248 e. The van der Waals surface area contributed by atoms with Crippen LogP contribution in [0.1, 0.15) is 38.5 Å². The van der Waals surface area contributed by atoms with Crippen LogP contribution in [0.25, 0.3) is 0 Å². The molecule has 3 nitrogen and oxygen atoms in total. The van der Waals surface area contributed by atoms with E-state index in [1.807, 2.05) is 0 Å². The standard InChI is InChI=1S/C13H21F2NO2/c14-13(15)5-3-11(4-6-13)12(18)16-7-1-2-10(8-16)9-17/h10-11,17H,1-9H2. The van der Waals surface area contributed by atoms with Crippen LogP contribution in [-0.2, 0) is 4.79 Å². The van der Waals surface area contributed by atoms with Gasteiger partial charge in [-0.05, 0) is 31.6 Å². The zero-order chi connectivity index (χ0) is 13.2. The van der Waals surface area contributed by atoms with Gasteiger partial charge in [-0.15, -0.1) is 0 Å². The molecular weight excluding hydrogens is 240 g/mol. The van der Waals surface area contributed by atoms with Crippen molar-refractivity contribution in [2.45, 2.75) is 44.4 Å². The Morgan fingerprint density at radius 3 is 2.56 bits per heavy atom. The molecule has 0 radical (unpaired) electrons. The Morgan fingerprint density at radius 2 is 1.94 bits per heavy atom. The highest BCUT2D eigenvalue weighted by atomic mass is 19.3. The monoisotopic (exact) mass is 261 g/mol. The van der Waals surface area contributed by atoms with E-state index in [-0.39, 0.29) is 37.2 Å². The van der Waals surface area contributed by atoms with Crippen molar-refractivity contribution in [2.24, 2.45) is 11.8 Å². The van der Waals surface area contributed by atoms with Crippen LogP contribution in [0.2, 0.25) is 0 Å². The van der Waals surface area contributed by atoms with Crippen LogP contribution in [-0.4, -0.2) is 41.5 Å². The Kier molecular flexibility index (Phi) is 4.20. The lowest BCUT2D eigenvalue weighted by Crippen LogP contribution is -2.45. The fourth-order valence-electron chi connectivity index (χ4n) is 2.96. The Labute approximate surface area is 106 Å². The van der Waals surface area contributed by atoms with Gasteiger partial charge in [-0.25, -0.2) is 8.78 Å². The molecule has 1 aliphatic heterocycles. The third-order valence-corrected chi connectivity index (χ3v) is 4.16. The number of hydrogen-bond acceptors (Lipinski definition) is 2. The van der Waals surface area contributed by atoms with Crippen molar-refractivity contribution in [3.05, 3.63) is 0 Å². The normalized spacial score (nSPS) is 29.3. The van der Waals surface area contributed by atoms with E-state index in [1.165, 1.54) is 0 Å². The lowest BCUT2D eigenvalue weighted by Gasteiger charge is -2.36. The summed E-state index contributed by atoms with van der Waals surface area (Å²) in [4.78, 5) is 14.0. The molecule has 1 N–H and O–H groups in total. The van der Waals surface area contributed by atoms with Crippen molar-refractivity contribution in [1.29, 1.82) is 0 Å². The van der Waals surface area contributed by atoms with E-state index in [2.05, 4.69) is 0 Å². The van der Waals surface area contributed by atoms with Crippen LogP contribution >= 0.6 is 0 Å². The highest BCUT2D eigenvalue weighted by Crippen LogP contribution is 2.37. The van der Waals surface area contributed by atoms with Gasteiger partial charge in [0.05, 0.1) is 0 Å². The van der Waals surface area contributed by atoms with E-state index in [0.717, 1.165) is 12.8 Å². The molecule has 0 aromatic heterocycles. The maximum atomic E-state index is 13.0. The first-order valence-electron chi connectivity index (χ1n) is 6.79. The Bertz CT molecular complexity index is 299. The molecule has 1 heterocycles. The summed E-state index contributed by atoms with van der Waals surface area (Å²) in [6, 6.07) is 0. The molecule has 2 aliphatic rings. The Morgan fingerprint density at radius 1 is 1.28 bits per heavy atom. The fourth-order valence-corrected chi connectivity index (χ4v) is 2.96. The van der Waals surface area contributed by atoms with Crippen LogP contribution in [0, 0.1) is 11.8 Å². The largest absolute Gasteiger partial charge is 0.396 e. The van der Waals surface area contributed by atoms with Gasteiger partial charge in [0.25, 0.3) is 0 Å². The third-order valence-electron chi connectivity index (χ3n) is 4.16. The molecule has 1 amide bonds. The van der Waals surface area contributed by atoms with Crippen LogP contribution in [0.5, 0.6) is 0 Å². The molecule has 1 aliphatic carbocycles. The summed E-state index contributed by atoms with van der Waals surface area (Å²) >= 11 is 0. The highest BCUT2D eigenvalue weighted by molar-refractivity contribution is 5.79. The third kappa shape index (κ3) is 3.19. The molecule has 0 bridgehead atoms. The Hall–Kier alpha value is -0.710. The molecule has 1 unspecified atom stereocenters. The van der Waals surface area contributed by atoms with Crippen molar-refractivity contribution in [1.82, 2.24) is 4.90 Å². The topological polar surface area (TPSA) is 40.5 Å². The first-order chi connectivity index (χ1) is 8.52. The molecule has 18 heavy (non-hydrogen) atoms. The predicted molar refractivity (Wildman–Crippen MR) is 63.3 cm³/mol. The maximum Gasteiger partial charge on any atom is 0.248 e. The van der Waals surface area contributed by atoms with E-state index >= 15 is 0 Å². The van der Waals surface area contributed by atoms with Crippen LogP contribution < -0.4 is 0 Å². The van der Waals surface area contributed by atoms with Crippen LogP contribution in [0.15, 0.2) is 0 Å². The molecule has 2 rings (SSSR count). The van der Waals surface area contributed by atoms with E-state index in [4.69, 9.17) is 5.11 Å². The quantitative estimate of drug-likeness (QED) is 0.826. The summed E-state index contributed by atoms with van der Waals surface area (Å²) < 4.78 is 26.1. The Balaban J connectivity index is 1.87. The number of rotatable bonds is 2. The second kappa shape index (κ2) is 5.51. The van der Waals surface area contributed by atoms with Crippen molar-refractivity contribution >= 4 is 5.91 Å². The number of hydrogen-bond donors (Lipinski definition) is 1. The van der Waals surface area contributed by atoms with Crippen molar-refractivity contribution in [3.8, 4) is 0 Å². The molecule has 0 spiro atoms. The van der Waals surface area contributed by atoms with Gasteiger partial charge in [0.15, 0.2) is 0 Å². The molecule has 1 saturated heterocycles.